The van der Waals surface area contributed by atoms with E-state index in [0.717, 1.165) is 11.3 Å². The minimum absolute atomic E-state index is 0.145. The van der Waals surface area contributed by atoms with Gasteiger partial charge in [0.1, 0.15) is 6.10 Å². The van der Waals surface area contributed by atoms with Gasteiger partial charge in [-0.1, -0.05) is 36.0 Å². The summed E-state index contributed by atoms with van der Waals surface area (Å²) in [4.78, 5) is 21.4. The van der Waals surface area contributed by atoms with Crippen molar-refractivity contribution in [2.24, 2.45) is 10.9 Å². The molecule has 28 heavy (non-hydrogen) atoms. The van der Waals surface area contributed by atoms with Gasteiger partial charge in [-0.3, -0.25) is 14.8 Å². The lowest BCUT2D eigenvalue weighted by molar-refractivity contribution is -0.129. The number of amidine groups is 1. The zero-order valence-electron chi connectivity index (χ0n) is 15.1. The smallest absolute Gasteiger partial charge is 0.224 e. The van der Waals surface area contributed by atoms with Gasteiger partial charge in [-0.2, -0.15) is 0 Å². The van der Waals surface area contributed by atoms with E-state index in [9.17, 15) is 15.0 Å². The summed E-state index contributed by atoms with van der Waals surface area (Å²) in [6.07, 6.45) is 1.65. The highest BCUT2D eigenvalue weighted by atomic mass is 32.2. The Hall–Kier alpha value is -2.42. The van der Waals surface area contributed by atoms with Crippen molar-refractivity contribution in [3.63, 3.8) is 0 Å². The van der Waals surface area contributed by atoms with Crippen LogP contribution in [0.5, 0.6) is 0 Å². The van der Waals surface area contributed by atoms with Crippen LogP contribution in [0.1, 0.15) is 12.0 Å². The maximum atomic E-state index is 12.8. The van der Waals surface area contributed by atoms with Crippen LogP contribution < -0.4 is 10.6 Å². The second-order valence-electron chi connectivity index (χ2n) is 6.98. The second kappa shape index (κ2) is 8.30. The van der Waals surface area contributed by atoms with Crippen LogP contribution in [0.25, 0.3) is 0 Å². The van der Waals surface area contributed by atoms with Crippen molar-refractivity contribution in [3.8, 4) is 0 Å². The summed E-state index contributed by atoms with van der Waals surface area (Å²) < 4.78 is 0. The molecule has 1 aromatic carbocycles. The summed E-state index contributed by atoms with van der Waals surface area (Å²) >= 11 is 1.45. The molecule has 1 aromatic heterocycles. The third-order valence-electron chi connectivity index (χ3n) is 5.04. The van der Waals surface area contributed by atoms with Crippen molar-refractivity contribution in [2.75, 3.05) is 5.32 Å². The number of carbonyl (C=O) groups is 1. The Balaban J connectivity index is 1.45. The number of rotatable bonds is 4. The van der Waals surface area contributed by atoms with Crippen molar-refractivity contribution in [1.29, 1.82) is 0 Å². The fourth-order valence-corrected chi connectivity index (χ4v) is 4.95. The molecule has 4 N–H and O–H groups in total. The number of aliphatic hydroxyl groups excluding tert-OH is 2. The number of carbonyl (C=O) groups excluding carboxylic acids is 1. The summed E-state index contributed by atoms with van der Waals surface area (Å²) in [5.74, 6) is -0.586. The Morgan fingerprint density at radius 2 is 2.00 bits per heavy atom. The lowest BCUT2D eigenvalue weighted by Crippen LogP contribution is -2.53. The highest BCUT2D eigenvalue weighted by molar-refractivity contribution is 8.15. The maximum Gasteiger partial charge on any atom is 0.224 e. The number of hydrogen-bond acceptors (Lipinski definition) is 7. The molecule has 4 rings (SSSR count). The molecule has 1 aliphatic heterocycles. The molecule has 1 saturated carbocycles. The minimum atomic E-state index is -0.977. The molecule has 2 aromatic rings. The van der Waals surface area contributed by atoms with Gasteiger partial charge in [-0.05, 0) is 30.2 Å². The van der Waals surface area contributed by atoms with Crippen molar-refractivity contribution in [1.82, 2.24) is 10.3 Å². The number of nitrogens with zero attached hydrogens (tertiary/aromatic N) is 2. The minimum Gasteiger partial charge on any atom is -0.390 e. The average molecular weight is 398 g/mol. The number of aromatic nitrogens is 1. The fourth-order valence-electron chi connectivity index (χ4n) is 3.58. The van der Waals surface area contributed by atoms with Crippen molar-refractivity contribution >= 4 is 28.5 Å². The Kier molecular flexibility index (Phi) is 5.61. The molecule has 0 radical (unpaired) electrons. The van der Waals surface area contributed by atoms with Gasteiger partial charge in [0, 0.05) is 29.9 Å². The van der Waals surface area contributed by atoms with Gasteiger partial charge < -0.3 is 20.8 Å². The molecule has 5 atom stereocenters. The van der Waals surface area contributed by atoms with E-state index >= 15 is 0 Å². The highest BCUT2D eigenvalue weighted by Crippen LogP contribution is 2.41. The summed E-state index contributed by atoms with van der Waals surface area (Å²) in [7, 11) is 0. The van der Waals surface area contributed by atoms with E-state index in [-0.39, 0.29) is 17.6 Å². The third kappa shape index (κ3) is 4.04. The van der Waals surface area contributed by atoms with E-state index in [4.69, 9.17) is 0 Å². The molecular formula is C20H22N4O3S. The molecule has 1 aliphatic carbocycles. The maximum absolute atomic E-state index is 12.8. The van der Waals surface area contributed by atoms with Crippen LogP contribution in [-0.2, 0) is 11.3 Å². The van der Waals surface area contributed by atoms with Crippen molar-refractivity contribution in [3.05, 3.63) is 60.4 Å². The quantitative estimate of drug-likeness (QED) is 0.620. The van der Waals surface area contributed by atoms with Crippen LogP contribution in [0.2, 0.25) is 0 Å². The van der Waals surface area contributed by atoms with Gasteiger partial charge in [0.25, 0.3) is 0 Å². The number of fused-ring (bicyclic) bond motifs is 1. The monoisotopic (exact) mass is 398 g/mol. The molecule has 0 spiro atoms. The lowest BCUT2D eigenvalue weighted by atomic mass is 9.81. The first-order valence-electron chi connectivity index (χ1n) is 9.21. The predicted octanol–water partition coefficient (Wildman–Crippen LogP) is 1.39. The molecule has 2 aliphatic rings. The molecular weight excluding hydrogens is 376 g/mol. The number of thioether (sulfide) groups is 1. The Morgan fingerprint density at radius 3 is 2.75 bits per heavy atom. The number of para-hydroxylation sites is 1. The topological polar surface area (TPSA) is 107 Å². The average Bonchev–Trinajstić information content (AvgIpc) is 3.14. The molecule has 7 nitrogen and oxygen atoms in total. The third-order valence-corrected chi connectivity index (χ3v) is 6.35. The number of hydrogen-bond donors (Lipinski definition) is 4. The second-order valence-corrected chi connectivity index (χ2v) is 8.14. The SMILES string of the molecule is O=C(NCc1cccnc1)C1CC(O)C(O)C2N=C(Nc3ccccc3)SC12. The summed E-state index contributed by atoms with van der Waals surface area (Å²) in [6.45, 7) is 0.375. The number of aliphatic imine (C=N–C) groups is 1. The molecule has 0 bridgehead atoms. The molecule has 8 heteroatoms. The molecule has 5 unspecified atom stereocenters. The standard InChI is InChI=1S/C20H22N4O3S/c25-15-9-14(19(27)22-11-12-5-4-8-21-10-12)18-16(17(15)26)24-20(28-18)23-13-6-2-1-3-7-13/h1-8,10,14-18,25-26H,9,11H2,(H,22,27)(H,23,24). The summed E-state index contributed by atoms with van der Waals surface area (Å²) in [5.41, 5.74) is 1.80. The number of pyridine rings is 1. The first-order valence-corrected chi connectivity index (χ1v) is 10.1. The summed E-state index contributed by atoms with van der Waals surface area (Å²) in [6, 6.07) is 12.8. The van der Waals surface area contributed by atoms with Crippen LogP contribution in [0, 0.1) is 5.92 Å². The van der Waals surface area contributed by atoms with E-state index in [2.05, 4.69) is 20.6 Å². The zero-order chi connectivity index (χ0) is 19.5. The van der Waals surface area contributed by atoms with Gasteiger partial charge in [0.05, 0.1) is 18.1 Å². The van der Waals surface area contributed by atoms with Crippen LogP contribution >= 0.6 is 11.8 Å². The van der Waals surface area contributed by atoms with Gasteiger partial charge in [0.2, 0.25) is 5.91 Å². The zero-order valence-corrected chi connectivity index (χ0v) is 15.9. The van der Waals surface area contributed by atoms with E-state index in [1.54, 1.807) is 12.4 Å². The van der Waals surface area contributed by atoms with Crippen LogP contribution in [0.3, 0.4) is 0 Å². The predicted molar refractivity (Wildman–Crippen MR) is 109 cm³/mol. The van der Waals surface area contributed by atoms with E-state index < -0.39 is 24.2 Å². The molecule has 146 valence electrons. The van der Waals surface area contributed by atoms with E-state index in [0.29, 0.717) is 11.7 Å². The van der Waals surface area contributed by atoms with Crippen molar-refractivity contribution in [2.45, 2.75) is 36.5 Å². The largest absolute Gasteiger partial charge is 0.390 e. The van der Waals surface area contributed by atoms with E-state index in [1.807, 2.05) is 42.5 Å². The Labute approximate surface area is 167 Å². The van der Waals surface area contributed by atoms with Gasteiger partial charge in [-0.15, -0.1) is 0 Å². The van der Waals surface area contributed by atoms with Crippen LogP contribution in [0.4, 0.5) is 5.69 Å². The Bertz CT molecular complexity index is 849. The number of aliphatic hydroxyl groups is 2. The molecule has 0 saturated heterocycles. The van der Waals surface area contributed by atoms with E-state index in [1.165, 1.54) is 11.8 Å². The number of benzene rings is 1. The van der Waals surface area contributed by atoms with Crippen molar-refractivity contribution < 1.29 is 15.0 Å². The number of anilines is 1. The normalized spacial score (nSPS) is 28.9. The molecule has 1 amide bonds. The number of amides is 1. The molecule has 1 fully saturated rings. The summed E-state index contributed by atoms with van der Waals surface area (Å²) in [5, 5.41) is 27.3. The van der Waals surface area contributed by atoms with Gasteiger partial charge >= 0.3 is 0 Å². The van der Waals surface area contributed by atoms with Crippen LogP contribution in [0.15, 0.2) is 59.9 Å². The fraction of sp³-hybridized carbons (Fsp3) is 0.350. The first-order chi connectivity index (χ1) is 13.6. The van der Waals surface area contributed by atoms with Gasteiger partial charge in [-0.25, -0.2) is 0 Å². The van der Waals surface area contributed by atoms with Gasteiger partial charge in [0.15, 0.2) is 5.17 Å². The lowest BCUT2D eigenvalue weighted by Gasteiger charge is -2.37. The highest BCUT2D eigenvalue weighted by Gasteiger charge is 2.50. The first kappa shape index (κ1) is 18.9. The number of nitrogens with one attached hydrogen (secondary N) is 2. The molecule has 2 heterocycles. The Morgan fingerprint density at radius 1 is 1.18 bits per heavy atom. The van der Waals surface area contributed by atoms with Crippen LogP contribution in [-0.4, -0.2) is 49.8 Å².